The SMILES string of the molecule is O=C(CCCc1cccnc1)N(CCc1ccccc1F)Cc1cccnc1. The van der Waals surface area contributed by atoms with E-state index in [2.05, 4.69) is 9.97 Å². The topological polar surface area (TPSA) is 46.1 Å². The Kier molecular flexibility index (Phi) is 7.24. The van der Waals surface area contributed by atoms with Crippen LogP contribution in [0.2, 0.25) is 0 Å². The van der Waals surface area contributed by atoms with Crippen LogP contribution >= 0.6 is 0 Å². The lowest BCUT2D eigenvalue weighted by Crippen LogP contribution is -2.32. The van der Waals surface area contributed by atoms with Gasteiger partial charge in [-0.25, -0.2) is 4.39 Å². The minimum absolute atomic E-state index is 0.0732. The molecule has 0 aliphatic heterocycles. The van der Waals surface area contributed by atoms with Crippen LogP contribution < -0.4 is 0 Å². The first-order chi connectivity index (χ1) is 13.7. The summed E-state index contributed by atoms with van der Waals surface area (Å²) in [6.07, 6.45) is 9.56. The summed E-state index contributed by atoms with van der Waals surface area (Å²) in [6, 6.07) is 14.4. The second kappa shape index (κ2) is 10.3. The predicted octanol–water partition coefficient (Wildman–Crippen LogP) is 4.21. The Morgan fingerprint density at radius 3 is 2.29 bits per heavy atom. The number of carbonyl (C=O) groups excluding carboxylic acids is 1. The van der Waals surface area contributed by atoms with Crippen LogP contribution in [0.5, 0.6) is 0 Å². The van der Waals surface area contributed by atoms with Crippen LogP contribution in [-0.4, -0.2) is 27.3 Å². The summed E-state index contributed by atoms with van der Waals surface area (Å²) >= 11 is 0. The Balaban J connectivity index is 1.61. The van der Waals surface area contributed by atoms with Gasteiger partial charge in [0.25, 0.3) is 0 Å². The monoisotopic (exact) mass is 377 g/mol. The molecule has 0 unspecified atom stereocenters. The highest BCUT2D eigenvalue weighted by atomic mass is 19.1. The van der Waals surface area contributed by atoms with E-state index < -0.39 is 0 Å². The van der Waals surface area contributed by atoms with E-state index in [4.69, 9.17) is 0 Å². The lowest BCUT2D eigenvalue weighted by atomic mass is 10.1. The van der Waals surface area contributed by atoms with Crippen LogP contribution in [0.4, 0.5) is 4.39 Å². The average Bonchev–Trinajstić information content (AvgIpc) is 2.73. The van der Waals surface area contributed by atoms with Gasteiger partial charge in [0.2, 0.25) is 5.91 Å². The fraction of sp³-hybridized carbons (Fsp3) is 0.261. The molecule has 0 radical (unpaired) electrons. The van der Waals surface area contributed by atoms with Crippen molar-refractivity contribution >= 4 is 5.91 Å². The third-order valence-electron chi connectivity index (χ3n) is 4.64. The van der Waals surface area contributed by atoms with E-state index >= 15 is 0 Å². The normalized spacial score (nSPS) is 10.6. The summed E-state index contributed by atoms with van der Waals surface area (Å²) in [6.45, 7) is 0.954. The molecule has 2 heterocycles. The van der Waals surface area contributed by atoms with Gasteiger partial charge in [-0.05, 0) is 54.2 Å². The molecule has 0 saturated carbocycles. The Labute approximate surface area is 165 Å². The fourth-order valence-electron chi connectivity index (χ4n) is 3.11. The first-order valence-corrected chi connectivity index (χ1v) is 9.51. The van der Waals surface area contributed by atoms with E-state index in [1.165, 1.54) is 6.07 Å². The van der Waals surface area contributed by atoms with Gasteiger partial charge in [0.1, 0.15) is 5.82 Å². The van der Waals surface area contributed by atoms with Gasteiger partial charge in [-0.1, -0.05) is 30.3 Å². The quantitative estimate of drug-likeness (QED) is 0.561. The van der Waals surface area contributed by atoms with E-state index in [0.717, 1.165) is 24.0 Å². The van der Waals surface area contributed by atoms with E-state index in [-0.39, 0.29) is 11.7 Å². The number of halogens is 1. The van der Waals surface area contributed by atoms with Crippen LogP contribution in [0.3, 0.4) is 0 Å². The standard InChI is InChI=1S/C23H24FN3O/c24-22-10-2-1-9-21(22)12-15-27(18-20-8-5-14-26-17-20)23(28)11-3-6-19-7-4-13-25-16-19/h1-2,4-5,7-10,13-14,16-17H,3,6,11-12,15,18H2. The first-order valence-electron chi connectivity index (χ1n) is 9.51. The molecular formula is C23H24FN3O. The van der Waals surface area contributed by atoms with E-state index in [1.54, 1.807) is 35.6 Å². The lowest BCUT2D eigenvalue weighted by Gasteiger charge is -2.23. The number of aryl methyl sites for hydroxylation is 1. The highest BCUT2D eigenvalue weighted by Crippen LogP contribution is 2.12. The van der Waals surface area contributed by atoms with Crippen molar-refractivity contribution < 1.29 is 9.18 Å². The minimum Gasteiger partial charge on any atom is -0.338 e. The number of rotatable bonds is 9. The van der Waals surface area contributed by atoms with Gasteiger partial charge in [0.15, 0.2) is 0 Å². The number of hydrogen-bond donors (Lipinski definition) is 0. The molecule has 0 spiro atoms. The molecule has 144 valence electrons. The third-order valence-corrected chi connectivity index (χ3v) is 4.64. The molecule has 0 bridgehead atoms. The van der Waals surface area contributed by atoms with Gasteiger partial charge in [0, 0.05) is 44.3 Å². The highest BCUT2D eigenvalue weighted by Gasteiger charge is 2.15. The van der Waals surface area contributed by atoms with Gasteiger partial charge in [-0.15, -0.1) is 0 Å². The summed E-state index contributed by atoms with van der Waals surface area (Å²) in [7, 11) is 0. The van der Waals surface area contributed by atoms with Gasteiger partial charge in [-0.2, -0.15) is 0 Å². The second-order valence-corrected chi connectivity index (χ2v) is 6.73. The second-order valence-electron chi connectivity index (χ2n) is 6.73. The van der Waals surface area contributed by atoms with Crippen molar-refractivity contribution in [1.82, 2.24) is 14.9 Å². The maximum Gasteiger partial charge on any atom is 0.222 e. The zero-order chi connectivity index (χ0) is 19.6. The summed E-state index contributed by atoms with van der Waals surface area (Å²) in [5, 5.41) is 0. The summed E-state index contributed by atoms with van der Waals surface area (Å²) in [5.41, 5.74) is 2.72. The molecule has 28 heavy (non-hydrogen) atoms. The Morgan fingerprint density at radius 1 is 0.893 bits per heavy atom. The van der Waals surface area contributed by atoms with Crippen LogP contribution in [-0.2, 0) is 24.2 Å². The smallest absolute Gasteiger partial charge is 0.222 e. The Bertz CT molecular complexity index is 871. The largest absolute Gasteiger partial charge is 0.338 e. The number of nitrogens with zero attached hydrogens (tertiary/aromatic N) is 3. The van der Waals surface area contributed by atoms with Crippen LogP contribution in [0, 0.1) is 5.82 Å². The van der Waals surface area contributed by atoms with E-state index in [0.29, 0.717) is 31.5 Å². The van der Waals surface area contributed by atoms with Crippen LogP contribution in [0.25, 0.3) is 0 Å². The van der Waals surface area contributed by atoms with Gasteiger partial charge in [-0.3, -0.25) is 14.8 Å². The summed E-state index contributed by atoms with van der Waals surface area (Å²) in [5.74, 6) is -0.156. The number of carbonyl (C=O) groups is 1. The molecule has 2 aromatic heterocycles. The molecular weight excluding hydrogens is 353 g/mol. The van der Waals surface area contributed by atoms with E-state index in [9.17, 15) is 9.18 Å². The molecule has 3 rings (SSSR count). The Hall–Kier alpha value is -3.08. The van der Waals surface area contributed by atoms with Crippen molar-refractivity contribution in [3.8, 4) is 0 Å². The van der Waals surface area contributed by atoms with Crippen LogP contribution in [0.15, 0.2) is 73.3 Å². The number of pyridine rings is 2. The molecule has 1 aromatic carbocycles. The van der Waals surface area contributed by atoms with Gasteiger partial charge < -0.3 is 4.90 Å². The fourth-order valence-corrected chi connectivity index (χ4v) is 3.11. The molecule has 0 atom stereocenters. The molecule has 0 saturated heterocycles. The molecule has 0 N–H and O–H groups in total. The highest BCUT2D eigenvalue weighted by molar-refractivity contribution is 5.76. The molecule has 5 heteroatoms. The number of hydrogen-bond acceptors (Lipinski definition) is 3. The predicted molar refractivity (Wildman–Crippen MR) is 107 cm³/mol. The zero-order valence-corrected chi connectivity index (χ0v) is 15.8. The molecule has 1 amide bonds. The third kappa shape index (κ3) is 5.98. The van der Waals surface area contributed by atoms with E-state index in [1.807, 2.05) is 36.5 Å². The average molecular weight is 377 g/mol. The molecule has 4 nitrogen and oxygen atoms in total. The number of benzene rings is 1. The maximum atomic E-state index is 13.9. The van der Waals surface area contributed by atoms with Crippen molar-refractivity contribution in [2.45, 2.75) is 32.2 Å². The van der Waals surface area contributed by atoms with Crippen LogP contribution in [0.1, 0.15) is 29.5 Å². The number of aromatic nitrogens is 2. The van der Waals surface area contributed by atoms with Gasteiger partial charge >= 0.3 is 0 Å². The molecule has 3 aromatic rings. The maximum absolute atomic E-state index is 13.9. The van der Waals surface area contributed by atoms with Gasteiger partial charge in [0.05, 0.1) is 0 Å². The first kappa shape index (κ1) is 19.7. The van der Waals surface area contributed by atoms with Crippen molar-refractivity contribution in [3.05, 3.63) is 95.8 Å². The summed E-state index contributed by atoms with van der Waals surface area (Å²) in [4.78, 5) is 22.9. The Morgan fingerprint density at radius 2 is 1.61 bits per heavy atom. The van der Waals surface area contributed by atoms with Crippen molar-refractivity contribution in [1.29, 1.82) is 0 Å². The minimum atomic E-state index is -0.229. The summed E-state index contributed by atoms with van der Waals surface area (Å²) < 4.78 is 13.9. The van der Waals surface area contributed by atoms with Crippen molar-refractivity contribution in [3.63, 3.8) is 0 Å². The molecule has 0 fully saturated rings. The zero-order valence-electron chi connectivity index (χ0n) is 15.8. The van der Waals surface area contributed by atoms with Crippen molar-refractivity contribution in [2.24, 2.45) is 0 Å². The molecule has 0 aliphatic carbocycles. The van der Waals surface area contributed by atoms with Crippen molar-refractivity contribution in [2.75, 3.05) is 6.54 Å². The lowest BCUT2D eigenvalue weighted by molar-refractivity contribution is -0.131. The molecule has 0 aliphatic rings. The number of amides is 1.